The number of nitrogens with one attached hydrogen (secondary N) is 1. The summed E-state index contributed by atoms with van der Waals surface area (Å²) in [6.45, 7) is 8.05. The third-order valence-electron chi connectivity index (χ3n) is 4.09. The summed E-state index contributed by atoms with van der Waals surface area (Å²) >= 11 is 0. The molecule has 23 heavy (non-hydrogen) atoms. The van der Waals surface area contributed by atoms with Gasteiger partial charge in [-0.05, 0) is 50.1 Å². The van der Waals surface area contributed by atoms with E-state index in [9.17, 15) is 4.79 Å². The lowest BCUT2D eigenvalue weighted by Crippen LogP contribution is -2.34. The lowest BCUT2D eigenvalue weighted by molar-refractivity contribution is -0.122. The normalized spacial score (nSPS) is 10.8. The molecule has 0 aliphatic heterocycles. The summed E-state index contributed by atoms with van der Waals surface area (Å²) in [6.07, 6.45) is 0. The first-order chi connectivity index (χ1) is 11.0. The lowest BCUT2D eigenvalue weighted by atomic mass is 10.1. The number of amides is 1. The summed E-state index contributed by atoms with van der Waals surface area (Å²) in [5.74, 6) is 0.0560. The van der Waals surface area contributed by atoms with Crippen molar-refractivity contribution in [1.82, 2.24) is 10.2 Å². The van der Waals surface area contributed by atoms with Crippen LogP contribution in [0.4, 0.5) is 0 Å². The standard InChI is InChI=1S/C20H26N2O/c1-15-9-10-19(17(3)11-15)13-22(4)14-20(23)21-12-18-8-6-5-7-16(18)2/h5-11H,12-14H2,1-4H3,(H,21,23). The molecule has 0 atom stereocenters. The van der Waals surface area contributed by atoms with Gasteiger partial charge < -0.3 is 5.32 Å². The van der Waals surface area contributed by atoms with Gasteiger partial charge in [0.2, 0.25) is 5.91 Å². The molecule has 0 saturated carbocycles. The van der Waals surface area contributed by atoms with Crippen molar-refractivity contribution in [2.24, 2.45) is 0 Å². The molecule has 0 aliphatic rings. The van der Waals surface area contributed by atoms with Gasteiger partial charge in [-0.3, -0.25) is 9.69 Å². The highest BCUT2D eigenvalue weighted by molar-refractivity contribution is 5.78. The summed E-state index contributed by atoms with van der Waals surface area (Å²) in [7, 11) is 1.98. The fraction of sp³-hybridized carbons (Fsp3) is 0.350. The van der Waals surface area contributed by atoms with Crippen LogP contribution in [0.3, 0.4) is 0 Å². The van der Waals surface area contributed by atoms with Gasteiger partial charge in [0.05, 0.1) is 6.54 Å². The van der Waals surface area contributed by atoms with Crippen LogP contribution in [0.1, 0.15) is 27.8 Å². The molecular formula is C20H26N2O. The number of likely N-dealkylation sites (N-methyl/N-ethyl adjacent to an activating group) is 1. The van der Waals surface area contributed by atoms with Crippen molar-refractivity contribution in [1.29, 1.82) is 0 Å². The summed E-state index contributed by atoms with van der Waals surface area (Å²) in [5.41, 5.74) is 6.18. The average Bonchev–Trinajstić information content (AvgIpc) is 2.49. The number of nitrogens with zero attached hydrogens (tertiary/aromatic N) is 1. The fourth-order valence-corrected chi connectivity index (χ4v) is 2.67. The zero-order valence-electron chi connectivity index (χ0n) is 14.5. The number of carbonyl (C=O) groups excluding carboxylic acids is 1. The van der Waals surface area contributed by atoms with Crippen molar-refractivity contribution in [2.45, 2.75) is 33.9 Å². The monoisotopic (exact) mass is 310 g/mol. The molecule has 0 saturated heterocycles. The molecular weight excluding hydrogens is 284 g/mol. The predicted molar refractivity (Wildman–Crippen MR) is 95.3 cm³/mol. The van der Waals surface area contributed by atoms with E-state index in [2.05, 4.69) is 56.4 Å². The molecule has 2 aromatic carbocycles. The zero-order valence-corrected chi connectivity index (χ0v) is 14.5. The maximum Gasteiger partial charge on any atom is 0.234 e. The van der Waals surface area contributed by atoms with Crippen LogP contribution in [0, 0.1) is 20.8 Å². The molecule has 0 spiro atoms. The topological polar surface area (TPSA) is 32.3 Å². The van der Waals surface area contributed by atoms with Gasteiger partial charge in [-0.15, -0.1) is 0 Å². The number of benzene rings is 2. The van der Waals surface area contributed by atoms with Gasteiger partial charge in [0, 0.05) is 13.1 Å². The second kappa shape index (κ2) is 7.93. The molecule has 1 N–H and O–H groups in total. The molecule has 0 heterocycles. The minimum atomic E-state index is 0.0560. The summed E-state index contributed by atoms with van der Waals surface area (Å²) in [4.78, 5) is 14.2. The second-order valence-corrected chi connectivity index (χ2v) is 6.31. The Morgan fingerprint density at radius 1 is 1.00 bits per heavy atom. The van der Waals surface area contributed by atoms with Gasteiger partial charge in [-0.2, -0.15) is 0 Å². The fourth-order valence-electron chi connectivity index (χ4n) is 2.67. The summed E-state index contributed by atoms with van der Waals surface area (Å²) in [6, 6.07) is 14.6. The van der Waals surface area contributed by atoms with E-state index in [1.807, 2.05) is 24.1 Å². The molecule has 3 nitrogen and oxygen atoms in total. The number of hydrogen-bond acceptors (Lipinski definition) is 2. The Bertz CT molecular complexity index is 679. The first-order valence-electron chi connectivity index (χ1n) is 8.01. The summed E-state index contributed by atoms with van der Waals surface area (Å²) < 4.78 is 0. The smallest absolute Gasteiger partial charge is 0.234 e. The highest BCUT2D eigenvalue weighted by Gasteiger charge is 2.09. The van der Waals surface area contributed by atoms with Crippen LogP contribution >= 0.6 is 0 Å². The van der Waals surface area contributed by atoms with Crippen LogP contribution in [-0.2, 0) is 17.9 Å². The van der Waals surface area contributed by atoms with E-state index in [1.54, 1.807) is 0 Å². The van der Waals surface area contributed by atoms with Crippen molar-refractivity contribution < 1.29 is 4.79 Å². The van der Waals surface area contributed by atoms with E-state index < -0.39 is 0 Å². The maximum absolute atomic E-state index is 12.1. The van der Waals surface area contributed by atoms with Gasteiger partial charge in [-0.1, -0.05) is 48.0 Å². The Hall–Kier alpha value is -2.13. The third kappa shape index (κ3) is 5.22. The van der Waals surface area contributed by atoms with Crippen LogP contribution < -0.4 is 5.32 Å². The highest BCUT2D eigenvalue weighted by atomic mass is 16.2. The molecule has 0 radical (unpaired) electrons. The molecule has 0 aromatic heterocycles. The average molecular weight is 310 g/mol. The third-order valence-corrected chi connectivity index (χ3v) is 4.09. The zero-order chi connectivity index (χ0) is 16.8. The van der Waals surface area contributed by atoms with Crippen molar-refractivity contribution >= 4 is 5.91 Å². The second-order valence-electron chi connectivity index (χ2n) is 6.31. The van der Waals surface area contributed by atoms with Crippen molar-refractivity contribution in [2.75, 3.05) is 13.6 Å². The van der Waals surface area contributed by atoms with E-state index in [-0.39, 0.29) is 5.91 Å². The van der Waals surface area contributed by atoms with E-state index >= 15 is 0 Å². The first-order valence-corrected chi connectivity index (χ1v) is 8.01. The van der Waals surface area contributed by atoms with E-state index in [4.69, 9.17) is 0 Å². The molecule has 0 bridgehead atoms. The Morgan fingerprint density at radius 3 is 2.43 bits per heavy atom. The van der Waals surface area contributed by atoms with Crippen LogP contribution in [0.25, 0.3) is 0 Å². The van der Waals surface area contributed by atoms with Gasteiger partial charge >= 0.3 is 0 Å². The largest absolute Gasteiger partial charge is 0.351 e. The van der Waals surface area contributed by atoms with Gasteiger partial charge in [0.25, 0.3) is 0 Å². The number of aryl methyl sites for hydroxylation is 3. The first kappa shape index (κ1) is 17.2. The minimum Gasteiger partial charge on any atom is -0.351 e. The van der Waals surface area contributed by atoms with E-state index in [1.165, 1.54) is 22.3 Å². The maximum atomic E-state index is 12.1. The van der Waals surface area contributed by atoms with Crippen molar-refractivity contribution in [3.8, 4) is 0 Å². The van der Waals surface area contributed by atoms with Gasteiger partial charge in [0.15, 0.2) is 0 Å². The highest BCUT2D eigenvalue weighted by Crippen LogP contribution is 2.12. The summed E-state index contributed by atoms with van der Waals surface area (Å²) in [5, 5.41) is 3.00. The molecule has 0 unspecified atom stereocenters. The van der Waals surface area contributed by atoms with E-state index in [0.717, 1.165) is 12.1 Å². The van der Waals surface area contributed by atoms with Gasteiger partial charge in [0.1, 0.15) is 0 Å². The number of rotatable bonds is 6. The van der Waals surface area contributed by atoms with Crippen LogP contribution in [-0.4, -0.2) is 24.4 Å². The molecule has 3 heteroatoms. The molecule has 2 rings (SSSR count). The van der Waals surface area contributed by atoms with Crippen molar-refractivity contribution in [3.63, 3.8) is 0 Å². The Morgan fingerprint density at radius 2 is 1.74 bits per heavy atom. The Labute approximate surface area is 139 Å². The molecule has 1 amide bonds. The molecule has 0 fully saturated rings. The van der Waals surface area contributed by atoms with Crippen LogP contribution in [0.15, 0.2) is 42.5 Å². The SMILES string of the molecule is Cc1ccc(CN(C)CC(=O)NCc2ccccc2C)c(C)c1. The molecule has 122 valence electrons. The number of carbonyl (C=O) groups is 1. The minimum absolute atomic E-state index is 0.0560. The van der Waals surface area contributed by atoms with Crippen molar-refractivity contribution in [3.05, 3.63) is 70.3 Å². The lowest BCUT2D eigenvalue weighted by Gasteiger charge is -2.18. The Balaban J connectivity index is 1.84. The van der Waals surface area contributed by atoms with Crippen LogP contribution in [0.5, 0.6) is 0 Å². The van der Waals surface area contributed by atoms with E-state index in [0.29, 0.717) is 13.1 Å². The predicted octanol–water partition coefficient (Wildman–Crippen LogP) is 3.36. The molecule has 0 aliphatic carbocycles. The number of hydrogen-bond donors (Lipinski definition) is 1. The van der Waals surface area contributed by atoms with Crippen LogP contribution in [0.2, 0.25) is 0 Å². The van der Waals surface area contributed by atoms with Gasteiger partial charge in [-0.25, -0.2) is 0 Å². The quantitative estimate of drug-likeness (QED) is 0.887. The molecule has 2 aromatic rings. The Kier molecular flexibility index (Phi) is 5.94.